The number of fused-ring (bicyclic) bond motifs is 2. The molecule has 2 aromatic heterocycles. The Labute approximate surface area is 101 Å². The Kier molecular flexibility index (Phi) is 2.30. The standard InChI is InChI=1S/C13H8N2O3/c16-7-15-8-5-11-12(14-6-8)13(17)9-3-1-2-4-10(9)18-11/h1-7H,(H,15,16). The average molecular weight is 240 g/mol. The highest BCUT2D eigenvalue weighted by molar-refractivity contribution is 5.89. The van der Waals surface area contributed by atoms with E-state index in [1.807, 2.05) is 0 Å². The minimum atomic E-state index is -0.176. The van der Waals surface area contributed by atoms with E-state index in [1.54, 1.807) is 30.3 Å². The molecule has 0 saturated carbocycles. The minimum Gasteiger partial charge on any atom is -0.454 e. The summed E-state index contributed by atoms with van der Waals surface area (Å²) in [4.78, 5) is 26.5. The second kappa shape index (κ2) is 3.96. The third-order valence-electron chi connectivity index (χ3n) is 2.64. The maximum Gasteiger partial charge on any atom is 0.218 e. The van der Waals surface area contributed by atoms with Crippen LogP contribution in [-0.2, 0) is 4.79 Å². The van der Waals surface area contributed by atoms with Crippen molar-refractivity contribution in [3.63, 3.8) is 0 Å². The quantitative estimate of drug-likeness (QED) is 0.548. The van der Waals surface area contributed by atoms with Crippen LogP contribution in [0.15, 0.2) is 45.7 Å². The molecule has 0 aliphatic rings. The van der Waals surface area contributed by atoms with Crippen molar-refractivity contribution in [2.75, 3.05) is 5.32 Å². The van der Waals surface area contributed by atoms with Gasteiger partial charge in [0.05, 0.1) is 17.3 Å². The van der Waals surface area contributed by atoms with Gasteiger partial charge >= 0.3 is 0 Å². The molecule has 88 valence electrons. The first-order valence-electron chi connectivity index (χ1n) is 5.31. The van der Waals surface area contributed by atoms with Gasteiger partial charge in [-0.3, -0.25) is 9.59 Å². The Bertz CT molecular complexity index is 808. The molecule has 5 nitrogen and oxygen atoms in total. The fourth-order valence-electron chi connectivity index (χ4n) is 1.83. The molecule has 0 radical (unpaired) electrons. The summed E-state index contributed by atoms with van der Waals surface area (Å²) >= 11 is 0. The second-order valence-electron chi connectivity index (χ2n) is 3.76. The number of benzene rings is 1. The molecule has 18 heavy (non-hydrogen) atoms. The van der Waals surface area contributed by atoms with Crippen LogP contribution < -0.4 is 10.7 Å². The van der Waals surface area contributed by atoms with Crippen LogP contribution in [0, 0.1) is 0 Å². The molecular formula is C13H8N2O3. The molecule has 1 amide bonds. The van der Waals surface area contributed by atoms with Gasteiger partial charge < -0.3 is 9.73 Å². The summed E-state index contributed by atoms with van der Waals surface area (Å²) in [6, 6.07) is 8.55. The van der Waals surface area contributed by atoms with Crippen LogP contribution >= 0.6 is 0 Å². The summed E-state index contributed by atoms with van der Waals surface area (Å²) in [5.41, 5.74) is 1.41. The van der Waals surface area contributed by atoms with Crippen LogP contribution in [0.3, 0.4) is 0 Å². The van der Waals surface area contributed by atoms with Crippen LogP contribution in [0.2, 0.25) is 0 Å². The fourth-order valence-corrected chi connectivity index (χ4v) is 1.83. The van der Waals surface area contributed by atoms with Gasteiger partial charge in [0.15, 0.2) is 11.1 Å². The molecule has 0 saturated heterocycles. The first-order chi connectivity index (χ1) is 8.79. The molecule has 5 heteroatoms. The van der Waals surface area contributed by atoms with Gasteiger partial charge in [-0.15, -0.1) is 0 Å². The average Bonchev–Trinajstić information content (AvgIpc) is 2.39. The summed E-state index contributed by atoms with van der Waals surface area (Å²) in [6.07, 6.45) is 1.96. The number of hydrogen-bond donors (Lipinski definition) is 1. The molecule has 0 atom stereocenters. The van der Waals surface area contributed by atoms with E-state index in [2.05, 4.69) is 10.3 Å². The fraction of sp³-hybridized carbons (Fsp3) is 0. The van der Waals surface area contributed by atoms with Crippen molar-refractivity contribution in [1.29, 1.82) is 0 Å². The van der Waals surface area contributed by atoms with Crippen LogP contribution in [0.1, 0.15) is 0 Å². The van der Waals surface area contributed by atoms with E-state index in [1.165, 1.54) is 6.20 Å². The van der Waals surface area contributed by atoms with Crippen LogP contribution in [0.4, 0.5) is 5.69 Å². The van der Waals surface area contributed by atoms with E-state index in [9.17, 15) is 9.59 Å². The number of para-hydroxylation sites is 1. The Morgan fingerprint density at radius 2 is 2.06 bits per heavy atom. The molecule has 0 spiro atoms. The lowest BCUT2D eigenvalue weighted by molar-refractivity contribution is -0.105. The lowest BCUT2D eigenvalue weighted by atomic mass is 10.2. The lowest BCUT2D eigenvalue weighted by Gasteiger charge is -2.02. The lowest BCUT2D eigenvalue weighted by Crippen LogP contribution is -2.04. The highest BCUT2D eigenvalue weighted by Gasteiger charge is 2.08. The zero-order chi connectivity index (χ0) is 12.5. The monoisotopic (exact) mass is 240 g/mol. The summed E-state index contributed by atoms with van der Waals surface area (Å²) in [7, 11) is 0. The SMILES string of the molecule is O=CNc1cnc2c(=O)c3ccccc3oc2c1. The van der Waals surface area contributed by atoms with E-state index < -0.39 is 0 Å². The van der Waals surface area contributed by atoms with Crippen molar-refractivity contribution in [1.82, 2.24) is 4.98 Å². The first-order valence-corrected chi connectivity index (χ1v) is 5.31. The minimum absolute atomic E-state index is 0.176. The maximum absolute atomic E-state index is 12.1. The number of carbonyl (C=O) groups excluding carboxylic acids is 1. The van der Waals surface area contributed by atoms with Crippen LogP contribution in [0.5, 0.6) is 0 Å². The van der Waals surface area contributed by atoms with Gasteiger partial charge in [0.25, 0.3) is 0 Å². The predicted octanol–water partition coefficient (Wildman–Crippen LogP) is 1.91. The number of pyridine rings is 1. The zero-order valence-electron chi connectivity index (χ0n) is 9.21. The highest BCUT2D eigenvalue weighted by atomic mass is 16.3. The molecule has 1 N–H and O–H groups in total. The van der Waals surface area contributed by atoms with Crippen molar-refractivity contribution < 1.29 is 9.21 Å². The van der Waals surface area contributed by atoms with Crippen molar-refractivity contribution in [2.45, 2.75) is 0 Å². The number of aromatic nitrogens is 1. The normalized spacial score (nSPS) is 10.7. The Morgan fingerprint density at radius 1 is 1.22 bits per heavy atom. The first kappa shape index (κ1) is 10.5. The number of amides is 1. The van der Waals surface area contributed by atoms with Gasteiger partial charge in [-0.2, -0.15) is 0 Å². The second-order valence-corrected chi connectivity index (χ2v) is 3.76. The third kappa shape index (κ3) is 1.53. The molecule has 0 fully saturated rings. The Morgan fingerprint density at radius 3 is 2.89 bits per heavy atom. The molecule has 0 unspecified atom stereocenters. The Hall–Kier alpha value is -2.69. The van der Waals surface area contributed by atoms with Crippen molar-refractivity contribution in [3.8, 4) is 0 Å². The number of nitrogens with one attached hydrogen (secondary N) is 1. The number of anilines is 1. The maximum atomic E-state index is 12.1. The summed E-state index contributed by atoms with van der Waals surface area (Å²) in [6.45, 7) is 0. The molecule has 3 aromatic rings. The molecule has 3 rings (SSSR count). The van der Waals surface area contributed by atoms with Gasteiger partial charge in [-0.05, 0) is 12.1 Å². The van der Waals surface area contributed by atoms with Crippen molar-refractivity contribution in [2.24, 2.45) is 0 Å². The van der Waals surface area contributed by atoms with Gasteiger partial charge in [-0.25, -0.2) is 4.98 Å². The van der Waals surface area contributed by atoms with Gasteiger partial charge in [0.2, 0.25) is 11.8 Å². The number of nitrogens with zero attached hydrogens (tertiary/aromatic N) is 1. The van der Waals surface area contributed by atoms with Gasteiger partial charge in [0, 0.05) is 6.07 Å². The molecule has 1 aromatic carbocycles. The summed E-state index contributed by atoms with van der Waals surface area (Å²) in [5.74, 6) is 0. The van der Waals surface area contributed by atoms with Crippen LogP contribution in [0.25, 0.3) is 22.1 Å². The summed E-state index contributed by atoms with van der Waals surface area (Å²) < 4.78 is 5.60. The predicted molar refractivity (Wildman–Crippen MR) is 67.5 cm³/mol. The largest absolute Gasteiger partial charge is 0.454 e. The van der Waals surface area contributed by atoms with E-state index in [0.717, 1.165) is 0 Å². The highest BCUT2D eigenvalue weighted by Crippen LogP contribution is 2.19. The topological polar surface area (TPSA) is 72.2 Å². The number of carbonyl (C=O) groups is 1. The van der Waals surface area contributed by atoms with E-state index in [-0.39, 0.29) is 10.9 Å². The molecular weight excluding hydrogens is 232 g/mol. The Balaban J connectivity index is 2.40. The third-order valence-corrected chi connectivity index (χ3v) is 2.64. The van der Waals surface area contributed by atoms with Gasteiger partial charge in [0.1, 0.15) is 5.58 Å². The molecule has 0 bridgehead atoms. The molecule has 2 heterocycles. The van der Waals surface area contributed by atoms with Crippen molar-refractivity contribution in [3.05, 3.63) is 46.8 Å². The summed E-state index contributed by atoms with van der Waals surface area (Å²) in [5, 5.41) is 2.96. The number of rotatable bonds is 2. The van der Waals surface area contributed by atoms with Crippen LogP contribution in [-0.4, -0.2) is 11.4 Å². The molecule has 0 aliphatic heterocycles. The van der Waals surface area contributed by atoms with Gasteiger partial charge in [-0.1, -0.05) is 12.1 Å². The molecule has 0 aliphatic carbocycles. The van der Waals surface area contributed by atoms with E-state index in [4.69, 9.17) is 4.42 Å². The van der Waals surface area contributed by atoms with E-state index in [0.29, 0.717) is 28.6 Å². The number of hydrogen-bond acceptors (Lipinski definition) is 4. The van der Waals surface area contributed by atoms with Crippen molar-refractivity contribution >= 4 is 34.2 Å². The van der Waals surface area contributed by atoms with E-state index >= 15 is 0 Å². The smallest absolute Gasteiger partial charge is 0.218 e. The zero-order valence-corrected chi connectivity index (χ0v) is 9.21.